The molecule has 9 nitrogen and oxygen atoms in total. The van der Waals surface area contributed by atoms with Crippen LogP contribution in [0.4, 0.5) is 0 Å². The van der Waals surface area contributed by atoms with Crippen molar-refractivity contribution in [2.75, 3.05) is 0 Å². The van der Waals surface area contributed by atoms with Gasteiger partial charge in [-0.3, -0.25) is 14.3 Å². The van der Waals surface area contributed by atoms with E-state index in [1.807, 2.05) is 47.4 Å². The number of hydrogen-bond acceptors (Lipinski definition) is 6. The van der Waals surface area contributed by atoms with E-state index in [4.69, 9.17) is 16.6 Å². The van der Waals surface area contributed by atoms with Crippen LogP contribution in [0.1, 0.15) is 32.5 Å². The second kappa shape index (κ2) is 9.33. The summed E-state index contributed by atoms with van der Waals surface area (Å²) in [5.41, 5.74) is 0.954. The fourth-order valence-corrected chi connectivity index (χ4v) is 4.60. The van der Waals surface area contributed by atoms with Crippen LogP contribution in [0.15, 0.2) is 39.0 Å². The highest BCUT2D eigenvalue weighted by atomic mass is 35.5. The Kier molecular flexibility index (Phi) is 6.52. The number of benzene rings is 1. The lowest BCUT2D eigenvalue weighted by atomic mass is 10.2. The van der Waals surface area contributed by atoms with Gasteiger partial charge in [-0.25, -0.2) is 9.78 Å². The van der Waals surface area contributed by atoms with Gasteiger partial charge in [-0.2, -0.15) is 0 Å². The smallest absolute Gasteiger partial charge is 0.322 e. The van der Waals surface area contributed by atoms with Crippen LogP contribution in [-0.2, 0) is 25.9 Å². The van der Waals surface area contributed by atoms with E-state index in [2.05, 4.69) is 22.1 Å². The predicted octanol–water partition coefficient (Wildman–Crippen LogP) is 3.45. The average molecular weight is 474 g/mol. The molecule has 0 spiro atoms. The summed E-state index contributed by atoms with van der Waals surface area (Å²) in [6.07, 6.45) is 1.77. The van der Waals surface area contributed by atoms with E-state index in [0.717, 1.165) is 29.4 Å². The Bertz CT molecular complexity index is 1370. The molecule has 0 bridgehead atoms. The second-order valence-electron chi connectivity index (χ2n) is 7.37. The molecule has 1 aromatic carbocycles. The van der Waals surface area contributed by atoms with Gasteiger partial charge in [0, 0.05) is 30.7 Å². The molecule has 4 rings (SSSR count). The lowest BCUT2D eigenvalue weighted by molar-refractivity contribution is 0.613. The Labute approximate surface area is 193 Å². The first-order valence-electron chi connectivity index (χ1n) is 10.4. The number of fused-ring (bicyclic) bond motifs is 1. The van der Waals surface area contributed by atoms with Gasteiger partial charge in [-0.1, -0.05) is 36.7 Å². The third-order valence-electron chi connectivity index (χ3n) is 5.28. The van der Waals surface area contributed by atoms with Crippen molar-refractivity contribution in [3.8, 4) is 11.4 Å². The molecule has 0 unspecified atom stereocenters. The normalized spacial score (nSPS) is 11.5. The summed E-state index contributed by atoms with van der Waals surface area (Å²) >= 11 is 7.46. The Morgan fingerprint density at radius 2 is 1.84 bits per heavy atom. The molecule has 11 heteroatoms. The third-order valence-corrected chi connectivity index (χ3v) is 6.55. The van der Waals surface area contributed by atoms with Gasteiger partial charge in [-0.15, -0.1) is 10.2 Å². The van der Waals surface area contributed by atoms with E-state index in [0.29, 0.717) is 40.9 Å². The monoisotopic (exact) mass is 473 g/mol. The maximum Gasteiger partial charge on any atom is 0.330 e. The van der Waals surface area contributed by atoms with Gasteiger partial charge in [0.05, 0.1) is 5.75 Å². The van der Waals surface area contributed by atoms with Crippen LogP contribution in [0.25, 0.3) is 22.6 Å². The number of rotatable bonds is 8. The number of aryl methyl sites for hydroxylation is 2. The largest absolute Gasteiger partial charge is 0.330 e. The molecular weight excluding hydrogens is 450 g/mol. The molecule has 0 aliphatic carbocycles. The quantitative estimate of drug-likeness (QED) is 0.393. The number of imidazole rings is 1. The highest BCUT2D eigenvalue weighted by Gasteiger charge is 2.19. The number of nitrogens with zero attached hydrogens (tertiary/aromatic N) is 6. The molecule has 0 fully saturated rings. The van der Waals surface area contributed by atoms with E-state index >= 15 is 0 Å². The van der Waals surface area contributed by atoms with Gasteiger partial charge >= 0.3 is 5.69 Å². The van der Waals surface area contributed by atoms with Crippen LogP contribution in [0, 0.1) is 0 Å². The number of unbranched alkanes of at least 4 members (excludes halogenated alkanes) is 1. The molecule has 1 N–H and O–H groups in total. The standard InChI is InChI=1S/C21H24ClN7O2S/c1-4-6-11-29-18-16(19(30)24-20(29)31)28(5-2)15(23-18)12-32-21-26-25-17(27(21)3)13-7-9-14(22)10-8-13/h7-10H,4-6,11-12H2,1-3H3,(H,24,30,31). The minimum Gasteiger partial charge on any atom is -0.322 e. The topological polar surface area (TPSA) is 103 Å². The summed E-state index contributed by atoms with van der Waals surface area (Å²) in [4.78, 5) is 32.1. The van der Waals surface area contributed by atoms with Crippen LogP contribution >= 0.6 is 23.4 Å². The highest BCUT2D eigenvalue weighted by Crippen LogP contribution is 2.26. The van der Waals surface area contributed by atoms with Crippen molar-refractivity contribution < 1.29 is 0 Å². The van der Waals surface area contributed by atoms with Crippen molar-refractivity contribution in [1.29, 1.82) is 0 Å². The Balaban J connectivity index is 1.67. The summed E-state index contributed by atoms with van der Waals surface area (Å²) in [5.74, 6) is 1.93. The Hall–Kier alpha value is -2.85. The fourth-order valence-electron chi connectivity index (χ4n) is 3.61. The van der Waals surface area contributed by atoms with E-state index < -0.39 is 11.2 Å². The molecular formula is C21H24ClN7O2S. The first-order valence-corrected chi connectivity index (χ1v) is 11.8. The zero-order valence-electron chi connectivity index (χ0n) is 18.1. The van der Waals surface area contributed by atoms with Crippen LogP contribution in [0.5, 0.6) is 0 Å². The molecule has 32 heavy (non-hydrogen) atoms. The molecule has 0 radical (unpaired) electrons. The van der Waals surface area contributed by atoms with Crippen molar-refractivity contribution in [3.63, 3.8) is 0 Å². The van der Waals surface area contributed by atoms with Crippen LogP contribution in [0.3, 0.4) is 0 Å². The van der Waals surface area contributed by atoms with Crippen molar-refractivity contribution in [2.45, 2.75) is 50.7 Å². The summed E-state index contributed by atoms with van der Waals surface area (Å²) in [6, 6.07) is 7.44. The molecule has 4 aromatic rings. The minimum absolute atomic E-state index is 0.410. The van der Waals surface area contributed by atoms with Crippen molar-refractivity contribution in [1.82, 2.24) is 33.9 Å². The highest BCUT2D eigenvalue weighted by molar-refractivity contribution is 7.98. The second-order valence-corrected chi connectivity index (χ2v) is 8.75. The Morgan fingerprint density at radius 1 is 1.09 bits per heavy atom. The predicted molar refractivity (Wildman–Crippen MR) is 126 cm³/mol. The van der Waals surface area contributed by atoms with E-state index in [1.165, 1.54) is 11.8 Å². The zero-order valence-corrected chi connectivity index (χ0v) is 19.7. The Morgan fingerprint density at radius 3 is 2.53 bits per heavy atom. The van der Waals surface area contributed by atoms with Gasteiger partial charge in [0.25, 0.3) is 5.56 Å². The third kappa shape index (κ3) is 4.12. The van der Waals surface area contributed by atoms with Crippen LogP contribution in [-0.4, -0.2) is 33.9 Å². The van der Waals surface area contributed by atoms with Crippen molar-refractivity contribution >= 4 is 34.5 Å². The molecule has 0 saturated heterocycles. The maximum atomic E-state index is 12.6. The van der Waals surface area contributed by atoms with Crippen molar-refractivity contribution in [3.05, 3.63) is 56.0 Å². The molecule has 0 aliphatic heterocycles. The molecule has 3 aromatic heterocycles. The SMILES string of the molecule is CCCCn1c(=O)[nH]c(=O)c2c1nc(CSc1nnc(-c3ccc(Cl)cc3)n1C)n2CC. The lowest BCUT2D eigenvalue weighted by Crippen LogP contribution is -2.31. The van der Waals surface area contributed by atoms with Gasteiger partial charge in [0.15, 0.2) is 22.1 Å². The molecule has 0 saturated carbocycles. The number of H-pyrrole nitrogens is 1. The molecule has 3 heterocycles. The minimum atomic E-state index is -0.420. The van der Waals surface area contributed by atoms with Crippen molar-refractivity contribution in [2.24, 2.45) is 7.05 Å². The molecule has 168 valence electrons. The average Bonchev–Trinajstić information content (AvgIpc) is 3.33. The molecule has 0 atom stereocenters. The summed E-state index contributed by atoms with van der Waals surface area (Å²) in [7, 11) is 1.90. The summed E-state index contributed by atoms with van der Waals surface area (Å²) < 4.78 is 5.33. The molecule has 0 amide bonds. The number of hydrogen-bond donors (Lipinski definition) is 1. The first kappa shape index (κ1) is 22.3. The zero-order chi connectivity index (χ0) is 22.8. The van der Waals surface area contributed by atoms with Crippen LogP contribution < -0.4 is 11.2 Å². The fraction of sp³-hybridized carbons (Fsp3) is 0.381. The van der Waals surface area contributed by atoms with Gasteiger partial charge in [-0.05, 0) is 37.6 Å². The van der Waals surface area contributed by atoms with Gasteiger partial charge in [0.1, 0.15) is 5.82 Å². The van der Waals surface area contributed by atoms with E-state index in [1.54, 1.807) is 4.57 Å². The number of aromatic nitrogens is 7. The van der Waals surface area contributed by atoms with E-state index in [-0.39, 0.29) is 0 Å². The first-order chi connectivity index (χ1) is 15.4. The number of aromatic amines is 1. The number of halogens is 1. The van der Waals surface area contributed by atoms with E-state index in [9.17, 15) is 9.59 Å². The maximum absolute atomic E-state index is 12.6. The summed E-state index contributed by atoms with van der Waals surface area (Å²) in [6.45, 7) is 5.09. The van der Waals surface area contributed by atoms with Crippen LogP contribution in [0.2, 0.25) is 5.02 Å². The summed E-state index contributed by atoms with van der Waals surface area (Å²) in [5, 5.41) is 10.0. The number of nitrogens with one attached hydrogen (secondary N) is 1. The van der Waals surface area contributed by atoms with Gasteiger partial charge < -0.3 is 9.13 Å². The molecule has 0 aliphatic rings. The van der Waals surface area contributed by atoms with Gasteiger partial charge in [0.2, 0.25) is 0 Å². The lowest BCUT2D eigenvalue weighted by Gasteiger charge is -2.06. The number of thioether (sulfide) groups is 1.